The van der Waals surface area contributed by atoms with E-state index in [0.29, 0.717) is 19.0 Å². The minimum atomic E-state index is 0.431. The van der Waals surface area contributed by atoms with Gasteiger partial charge < -0.3 is 9.15 Å². The van der Waals surface area contributed by atoms with Crippen LogP contribution in [0.1, 0.15) is 6.92 Å². The van der Waals surface area contributed by atoms with E-state index in [1.54, 1.807) is 6.92 Å². The normalized spacial score (nSPS) is 8.81. The van der Waals surface area contributed by atoms with Crippen molar-refractivity contribution in [3.05, 3.63) is 36.7 Å². The van der Waals surface area contributed by atoms with E-state index in [0.717, 1.165) is 5.56 Å². The summed E-state index contributed by atoms with van der Waals surface area (Å²) >= 11 is 0. The Morgan fingerprint density at radius 1 is 1.38 bits per heavy atom. The number of hydrogen-bond acceptors (Lipinski definition) is 5. The molecule has 0 fully saturated rings. The molecule has 0 saturated heterocycles. The minimum absolute atomic E-state index is 0.431. The number of nitrogens with zero attached hydrogens (tertiary/aromatic N) is 2. The van der Waals surface area contributed by atoms with Gasteiger partial charge in [-0.2, -0.15) is 0 Å². The summed E-state index contributed by atoms with van der Waals surface area (Å²) in [5.74, 6) is 0.561. The molecule has 0 amide bonds. The summed E-state index contributed by atoms with van der Waals surface area (Å²) < 4.78 is 9.15. The first-order valence-electron chi connectivity index (χ1n) is 4.75. The highest BCUT2D eigenvalue weighted by Gasteiger charge is 1.99. The van der Waals surface area contributed by atoms with E-state index in [4.69, 9.17) is 4.42 Å². The van der Waals surface area contributed by atoms with Crippen molar-refractivity contribution >= 4 is 6.47 Å². The fourth-order valence-electron chi connectivity index (χ4n) is 0.948. The third-order valence-corrected chi connectivity index (χ3v) is 1.62. The van der Waals surface area contributed by atoms with Gasteiger partial charge in [0.1, 0.15) is 0 Å². The van der Waals surface area contributed by atoms with E-state index in [9.17, 15) is 4.79 Å². The molecule has 84 valence electrons. The Labute approximate surface area is 93.1 Å². The molecule has 0 radical (unpaired) electrons. The second kappa shape index (κ2) is 7.17. The second-order valence-corrected chi connectivity index (χ2v) is 2.66. The average Bonchev–Trinajstić information content (AvgIpc) is 2.86. The molecule has 0 aliphatic heterocycles. The maximum atomic E-state index is 9.18. The number of rotatable bonds is 3. The lowest BCUT2D eigenvalue weighted by atomic mass is 10.2. The topological polar surface area (TPSA) is 65.2 Å². The number of ether oxygens (including phenoxy) is 1. The lowest BCUT2D eigenvalue weighted by molar-refractivity contribution is -0.128. The summed E-state index contributed by atoms with van der Waals surface area (Å²) in [7, 11) is 0. The van der Waals surface area contributed by atoms with Gasteiger partial charge in [0.25, 0.3) is 6.47 Å². The summed E-state index contributed by atoms with van der Waals surface area (Å²) in [6, 6.07) is 9.65. The minimum Gasteiger partial charge on any atom is -0.468 e. The highest BCUT2D eigenvalue weighted by atomic mass is 16.5. The van der Waals surface area contributed by atoms with Crippen molar-refractivity contribution in [1.29, 1.82) is 0 Å². The van der Waals surface area contributed by atoms with Crippen molar-refractivity contribution in [1.82, 2.24) is 10.2 Å². The fraction of sp³-hybridized carbons (Fsp3) is 0.182. The van der Waals surface area contributed by atoms with E-state index in [1.165, 1.54) is 6.39 Å². The van der Waals surface area contributed by atoms with Crippen LogP contribution in [-0.4, -0.2) is 23.3 Å². The Balaban J connectivity index is 0.000000221. The van der Waals surface area contributed by atoms with Gasteiger partial charge in [-0.05, 0) is 19.1 Å². The standard InChI is InChI=1S/C8H6N2O.C3H6O2/c1-2-4-7(5-3-1)8-10-9-6-11-8;1-2-5-3-4/h1-6H;3H,2H2,1H3. The molecule has 2 aromatic rings. The summed E-state index contributed by atoms with van der Waals surface area (Å²) in [6.45, 7) is 2.66. The van der Waals surface area contributed by atoms with Gasteiger partial charge in [0.2, 0.25) is 12.3 Å². The van der Waals surface area contributed by atoms with Crippen molar-refractivity contribution in [2.24, 2.45) is 0 Å². The lowest BCUT2D eigenvalue weighted by Crippen LogP contribution is -1.80. The van der Waals surface area contributed by atoms with Crippen molar-refractivity contribution < 1.29 is 13.9 Å². The molecule has 1 heterocycles. The molecule has 0 aliphatic rings. The molecule has 0 atom stereocenters. The van der Waals surface area contributed by atoms with Gasteiger partial charge >= 0.3 is 0 Å². The van der Waals surface area contributed by atoms with Crippen molar-refractivity contribution in [3.63, 3.8) is 0 Å². The maximum Gasteiger partial charge on any atom is 0.293 e. The van der Waals surface area contributed by atoms with E-state index >= 15 is 0 Å². The van der Waals surface area contributed by atoms with Gasteiger partial charge in [-0.3, -0.25) is 4.79 Å². The number of hydrogen-bond donors (Lipinski definition) is 0. The van der Waals surface area contributed by atoms with Crippen molar-refractivity contribution in [2.75, 3.05) is 6.61 Å². The van der Waals surface area contributed by atoms with Gasteiger partial charge in [0.15, 0.2) is 0 Å². The Morgan fingerprint density at radius 2 is 2.12 bits per heavy atom. The van der Waals surface area contributed by atoms with Gasteiger partial charge in [-0.1, -0.05) is 18.2 Å². The van der Waals surface area contributed by atoms with Gasteiger partial charge in [-0.15, -0.1) is 10.2 Å². The zero-order valence-electron chi connectivity index (χ0n) is 8.87. The van der Waals surface area contributed by atoms with Gasteiger partial charge in [-0.25, -0.2) is 0 Å². The molecule has 1 aromatic heterocycles. The maximum absolute atomic E-state index is 9.18. The highest BCUT2D eigenvalue weighted by molar-refractivity contribution is 5.51. The Hall–Kier alpha value is -2.17. The van der Waals surface area contributed by atoms with Crippen LogP contribution in [0, 0.1) is 0 Å². The van der Waals surface area contributed by atoms with E-state index in [-0.39, 0.29) is 0 Å². The molecular formula is C11H12N2O3. The molecule has 1 aromatic carbocycles. The fourth-order valence-corrected chi connectivity index (χ4v) is 0.948. The molecule has 0 bridgehead atoms. The molecule has 5 heteroatoms. The van der Waals surface area contributed by atoms with Crippen molar-refractivity contribution in [3.8, 4) is 11.5 Å². The molecule has 0 aliphatic carbocycles. The first-order chi connectivity index (χ1) is 7.88. The molecule has 0 saturated carbocycles. The molecule has 0 N–H and O–H groups in total. The number of benzene rings is 1. The van der Waals surface area contributed by atoms with E-state index in [2.05, 4.69) is 14.9 Å². The number of carbonyl (C=O) groups excluding carboxylic acids is 1. The van der Waals surface area contributed by atoms with Crippen LogP contribution in [-0.2, 0) is 9.53 Å². The number of carbonyl (C=O) groups is 1. The summed E-state index contributed by atoms with van der Waals surface area (Å²) in [5.41, 5.74) is 0.949. The van der Waals surface area contributed by atoms with E-state index in [1.807, 2.05) is 30.3 Å². The second-order valence-electron chi connectivity index (χ2n) is 2.66. The third-order valence-electron chi connectivity index (χ3n) is 1.62. The van der Waals surface area contributed by atoms with Crippen LogP contribution in [0.3, 0.4) is 0 Å². The zero-order chi connectivity index (χ0) is 11.6. The SMILES string of the molecule is CCOC=O.c1ccc(-c2nnco2)cc1. The van der Waals surface area contributed by atoms with Crippen LogP contribution < -0.4 is 0 Å². The Bertz CT molecular complexity index is 387. The predicted octanol–water partition coefficient (Wildman–Crippen LogP) is 1.92. The summed E-state index contributed by atoms with van der Waals surface area (Å²) in [5, 5.41) is 7.35. The molecule has 0 unspecified atom stereocenters. The van der Waals surface area contributed by atoms with Crippen LogP contribution in [0.15, 0.2) is 41.1 Å². The van der Waals surface area contributed by atoms with Gasteiger partial charge in [0.05, 0.1) is 6.61 Å². The van der Waals surface area contributed by atoms with Crippen molar-refractivity contribution in [2.45, 2.75) is 6.92 Å². The summed E-state index contributed by atoms with van der Waals surface area (Å²) in [6.07, 6.45) is 1.32. The van der Waals surface area contributed by atoms with Crippen LogP contribution >= 0.6 is 0 Å². The first-order valence-corrected chi connectivity index (χ1v) is 4.75. The first kappa shape index (κ1) is 11.9. The molecule has 2 rings (SSSR count). The lowest BCUT2D eigenvalue weighted by Gasteiger charge is -1.89. The summed E-state index contributed by atoms with van der Waals surface area (Å²) in [4.78, 5) is 9.18. The predicted molar refractivity (Wildman–Crippen MR) is 57.4 cm³/mol. The van der Waals surface area contributed by atoms with Crippen LogP contribution in [0.25, 0.3) is 11.5 Å². The van der Waals surface area contributed by atoms with Crippen LogP contribution in [0.2, 0.25) is 0 Å². The van der Waals surface area contributed by atoms with E-state index < -0.39 is 0 Å². The Morgan fingerprint density at radius 3 is 2.56 bits per heavy atom. The Kier molecular flexibility index (Phi) is 5.33. The van der Waals surface area contributed by atoms with Gasteiger partial charge in [0, 0.05) is 5.56 Å². The molecule has 5 nitrogen and oxygen atoms in total. The third kappa shape index (κ3) is 3.91. The van der Waals surface area contributed by atoms with Crippen LogP contribution in [0.4, 0.5) is 0 Å². The highest BCUT2D eigenvalue weighted by Crippen LogP contribution is 2.13. The zero-order valence-corrected chi connectivity index (χ0v) is 8.87. The molecule has 16 heavy (non-hydrogen) atoms. The largest absolute Gasteiger partial charge is 0.468 e. The molecular weight excluding hydrogens is 208 g/mol. The monoisotopic (exact) mass is 220 g/mol. The quantitative estimate of drug-likeness (QED) is 0.739. The smallest absolute Gasteiger partial charge is 0.293 e. The number of aromatic nitrogens is 2. The molecule has 0 spiro atoms. The van der Waals surface area contributed by atoms with Crippen LogP contribution in [0.5, 0.6) is 0 Å². The average molecular weight is 220 g/mol.